The van der Waals surface area contributed by atoms with Gasteiger partial charge < -0.3 is 15.6 Å². The summed E-state index contributed by atoms with van der Waals surface area (Å²) < 4.78 is 18.9. The van der Waals surface area contributed by atoms with Gasteiger partial charge in [-0.05, 0) is 30.8 Å². The highest BCUT2D eigenvalue weighted by Gasteiger charge is 2.19. The lowest BCUT2D eigenvalue weighted by atomic mass is 10.0. The molecule has 2 aromatic carbocycles. The highest BCUT2D eigenvalue weighted by atomic mass is 19.1. The van der Waals surface area contributed by atoms with E-state index in [1.54, 1.807) is 12.1 Å². The fourth-order valence-corrected chi connectivity index (χ4v) is 2.49. The minimum Gasteiger partial charge on any atom is -0.489 e. The molecule has 3 N–H and O–H groups in total. The summed E-state index contributed by atoms with van der Waals surface area (Å²) in [4.78, 5) is 2.00. The van der Waals surface area contributed by atoms with Gasteiger partial charge in [-0.1, -0.05) is 30.3 Å². The van der Waals surface area contributed by atoms with Crippen molar-refractivity contribution in [2.75, 3.05) is 26.7 Å². The van der Waals surface area contributed by atoms with Crippen LogP contribution in [0.15, 0.2) is 48.5 Å². The van der Waals surface area contributed by atoms with Crippen LogP contribution in [0.25, 0.3) is 0 Å². The first kappa shape index (κ1) is 17.4. The Labute approximate surface area is 136 Å². The summed E-state index contributed by atoms with van der Waals surface area (Å²) in [5.74, 6) is 0.486. The zero-order valence-electron chi connectivity index (χ0n) is 13.3. The van der Waals surface area contributed by atoms with E-state index in [9.17, 15) is 4.39 Å². The van der Waals surface area contributed by atoms with Crippen LogP contribution in [0.2, 0.25) is 0 Å². The van der Waals surface area contributed by atoms with Crippen LogP contribution in [0, 0.1) is 5.82 Å². The molecule has 0 bridgehead atoms. The third-order valence-corrected chi connectivity index (χ3v) is 3.79. The van der Waals surface area contributed by atoms with Gasteiger partial charge in [0.2, 0.25) is 0 Å². The zero-order chi connectivity index (χ0) is 16.7. The van der Waals surface area contributed by atoms with E-state index in [1.165, 1.54) is 12.1 Å². The summed E-state index contributed by atoms with van der Waals surface area (Å²) in [6.07, 6.45) is 0. The van der Waals surface area contributed by atoms with E-state index in [1.807, 2.05) is 36.2 Å². The monoisotopic (exact) mass is 318 g/mol. The molecule has 0 amide bonds. The molecule has 0 aliphatic rings. The van der Waals surface area contributed by atoms with Crippen molar-refractivity contribution in [2.24, 2.45) is 5.73 Å². The van der Waals surface area contributed by atoms with Gasteiger partial charge in [-0.25, -0.2) is 4.39 Å². The van der Waals surface area contributed by atoms with E-state index in [2.05, 4.69) is 0 Å². The average Bonchev–Trinajstić information content (AvgIpc) is 2.56. The van der Waals surface area contributed by atoms with Crippen LogP contribution < -0.4 is 10.5 Å². The molecule has 0 aliphatic heterocycles. The SMILES string of the molecule is CN(CCO)C(CN)c1ccccc1OCc1ccc(F)cc1. The first-order valence-electron chi connectivity index (χ1n) is 7.63. The fourth-order valence-electron chi connectivity index (χ4n) is 2.49. The normalized spacial score (nSPS) is 12.4. The molecule has 1 atom stereocenters. The highest BCUT2D eigenvalue weighted by molar-refractivity contribution is 5.36. The molecule has 0 heterocycles. The highest BCUT2D eigenvalue weighted by Crippen LogP contribution is 2.28. The lowest BCUT2D eigenvalue weighted by molar-refractivity contribution is 0.179. The largest absolute Gasteiger partial charge is 0.489 e. The molecule has 0 saturated heterocycles. The van der Waals surface area contributed by atoms with Crippen molar-refractivity contribution in [1.29, 1.82) is 0 Å². The van der Waals surface area contributed by atoms with Gasteiger partial charge in [-0.15, -0.1) is 0 Å². The van der Waals surface area contributed by atoms with Crippen LogP contribution >= 0.6 is 0 Å². The Balaban J connectivity index is 2.14. The maximum absolute atomic E-state index is 12.9. The summed E-state index contributed by atoms with van der Waals surface area (Å²) in [5.41, 5.74) is 7.79. The number of aliphatic hydroxyl groups excluding tert-OH is 1. The molecule has 2 aromatic rings. The number of para-hydroxylation sites is 1. The predicted octanol–water partition coefficient (Wildman–Crippen LogP) is 2.33. The molecule has 1 unspecified atom stereocenters. The van der Waals surface area contributed by atoms with Crippen molar-refractivity contribution in [2.45, 2.75) is 12.6 Å². The van der Waals surface area contributed by atoms with Gasteiger partial charge in [-0.3, -0.25) is 4.90 Å². The molecular weight excluding hydrogens is 295 g/mol. The number of benzene rings is 2. The minimum absolute atomic E-state index is 0.0356. The Morgan fingerprint density at radius 2 is 1.87 bits per heavy atom. The molecule has 124 valence electrons. The van der Waals surface area contributed by atoms with Gasteiger partial charge in [-0.2, -0.15) is 0 Å². The van der Waals surface area contributed by atoms with E-state index < -0.39 is 0 Å². The number of hydrogen-bond acceptors (Lipinski definition) is 4. The maximum atomic E-state index is 12.9. The number of nitrogens with two attached hydrogens (primary N) is 1. The first-order valence-corrected chi connectivity index (χ1v) is 7.63. The number of ether oxygens (including phenoxy) is 1. The lowest BCUT2D eigenvalue weighted by Gasteiger charge is -2.28. The molecule has 0 fully saturated rings. The standard InChI is InChI=1S/C18H23FN2O2/c1-21(10-11-22)17(12-20)16-4-2-3-5-18(16)23-13-14-6-8-15(19)9-7-14/h2-9,17,22H,10-13,20H2,1H3. The van der Waals surface area contributed by atoms with Crippen LogP contribution in [0.5, 0.6) is 5.75 Å². The first-order chi connectivity index (χ1) is 11.2. The van der Waals surface area contributed by atoms with Crippen molar-refractivity contribution in [3.8, 4) is 5.75 Å². The second-order valence-electron chi connectivity index (χ2n) is 5.41. The fraction of sp³-hybridized carbons (Fsp3) is 0.333. The molecule has 0 aromatic heterocycles. The maximum Gasteiger partial charge on any atom is 0.124 e. The second-order valence-corrected chi connectivity index (χ2v) is 5.41. The summed E-state index contributed by atoms with van der Waals surface area (Å²) in [7, 11) is 1.92. The molecule has 0 aliphatic carbocycles. The van der Waals surface area contributed by atoms with Crippen molar-refractivity contribution in [3.05, 3.63) is 65.5 Å². The van der Waals surface area contributed by atoms with Gasteiger partial charge >= 0.3 is 0 Å². The Hall–Kier alpha value is -1.95. The Morgan fingerprint density at radius 3 is 2.52 bits per heavy atom. The van der Waals surface area contributed by atoms with Gasteiger partial charge in [0.15, 0.2) is 0 Å². The molecule has 0 spiro atoms. The van der Waals surface area contributed by atoms with Gasteiger partial charge in [0.05, 0.1) is 12.6 Å². The van der Waals surface area contributed by atoms with Crippen molar-refractivity contribution < 1.29 is 14.2 Å². The molecule has 0 radical (unpaired) electrons. The second kappa shape index (κ2) is 8.62. The van der Waals surface area contributed by atoms with E-state index in [4.69, 9.17) is 15.6 Å². The smallest absolute Gasteiger partial charge is 0.124 e. The van der Waals surface area contributed by atoms with Crippen molar-refractivity contribution in [3.63, 3.8) is 0 Å². The molecule has 23 heavy (non-hydrogen) atoms. The number of aliphatic hydroxyl groups is 1. The Bertz CT molecular complexity index is 604. The molecule has 5 heteroatoms. The van der Waals surface area contributed by atoms with E-state index >= 15 is 0 Å². The third-order valence-electron chi connectivity index (χ3n) is 3.79. The van der Waals surface area contributed by atoms with Crippen LogP contribution in [0.1, 0.15) is 17.2 Å². The van der Waals surface area contributed by atoms with Crippen molar-refractivity contribution in [1.82, 2.24) is 4.90 Å². The summed E-state index contributed by atoms with van der Waals surface area (Å²) in [6, 6.07) is 13.9. The van der Waals surface area contributed by atoms with Crippen LogP contribution in [0.3, 0.4) is 0 Å². The van der Waals surface area contributed by atoms with Crippen LogP contribution in [0.4, 0.5) is 4.39 Å². The average molecular weight is 318 g/mol. The lowest BCUT2D eigenvalue weighted by Crippen LogP contribution is -2.32. The predicted molar refractivity (Wildman–Crippen MR) is 88.7 cm³/mol. The van der Waals surface area contributed by atoms with Crippen LogP contribution in [-0.2, 0) is 6.61 Å². The minimum atomic E-state index is -0.261. The van der Waals surface area contributed by atoms with Gasteiger partial charge in [0.25, 0.3) is 0 Å². The topological polar surface area (TPSA) is 58.7 Å². The number of rotatable bonds is 8. The van der Waals surface area contributed by atoms with E-state index in [0.29, 0.717) is 19.7 Å². The molecule has 0 saturated carbocycles. The zero-order valence-corrected chi connectivity index (χ0v) is 13.3. The van der Waals surface area contributed by atoms with Gasteiger partial charge in [0, 0.05) is 18.7 Å². The Kier molecular flexibility index (Phi) is 6.52. The Morgan fingerprint density at radius 1 is 1.17 bits per heavy atom. The molecule has 4 nitrogen and oxygen atoms in total. The molecular formula is C18H23FN2O2. The summed E-state index contributed by atoms with van der Waals surface area (Å²) in [6.45, 7) is 1.39. The van der Waals surface area contributed by atoms with E-state index in [0.717, 1.165) is 16.9 Å². The summed E-state index contributed by atoms with van der Waals surface area (Å²) >= 11 is 0. The number of likely N-dealkylation sites (N-methyl/N-ethyl adjacent to an activating group) is 1. The quantitative estimate of drug-likeness (QED) is 0.784. The summed E-state index contributed by atoms with van der Waals surface area (Å²) in [5, 5.41) is 9.13. The van der Waals surface area contributed by atoms with E-state index in [-0.39, 0.29) is 18.5 Å². The van der Waals surface area contributed by atoms with Crippen LogP contribution in [-0.4, -0.2) is 36.8 Å². The number of nitrogens with zero attached hydrogens (tertiary/aromatic N) is 1. The molecule has 2 rings (SSSR count). The third kappa shape index (κ3) is 4.76. The van der Waals surface area contributed by atoms with Crippen molar-refractivity contribution >= 4 is 0 Å². The van der Waals surface area contributed by atoms with Gasteiger partial charge in [0.1, 0.15) is 18.2 Å². The number of halogens is 1. The number of hydrogen-bond donors (Lipinski definition) is 2.